The number of hydrogen-bond donors (Lipinski definition) is 19. The highest BCUT2D eigenvalue weighted by Crippen LogP contribution is 2.12. The molecule has 0 aliphatic rings. The number of carboxylic acid groups (broad SMARTS) is 1. The maximum Gasteiger partial charge on any atom is 0.326 e. The van der Waals surface area contributed by atoms with Gasteiger partial charge in [-0.05, 0) is 96.6 Å². The molecule has 0 fully saturated rings. The van der Waals surface area contributed by atoms with Crippen molar-refractivity contribution in [3.05, 3.63) is 0 Å². The fraction of sp³-hybridized carbons (Fsp3) is 0.750. The van der Waals surface area contributed by atoms with Crippen LogP contribution in [0.4, 0.5) is 0 Å². The minimum Gasteiger partial charge on any atom is -0.480 e. The van der Waals surface area contributed by atoms with E-state index in [0.717, 1.165) is 0 Å². The van der Waals surface area contributed by atoms with Crippen molar-refractivity contribution in [2.45, 2.75) is 199 Å². The summed E-state index contributed by atoms with van der Waals surface area (Å²) >= 11 is 0. The highest BCUT2D eigenvalue weighted by atomic mass is 16.4. The Kier molecular flexibility index (Phi) is 36.8. The van der Waals surface area contributed by atoms with E-state index in [1.165, 1.54) is 20.8 Å². The van der Waals surface area contributed by atoms with Crippen LogP contribution in [0.1, 0.15) is 127 Å². The Balaban J connectivity index is 5.97. The number of rotatable bonds is 42. The first kappa shape index (κ1) is 76.9. The molecule has 12 amide bonds. The number of carbonyl (C=O) groups is 13. The van der Waals surface area contributed by atoms with Gasteiger partial charge in [0.05, 0.1) is 38.3 Å². The third-order valence-electron chi connectivity index (χ3n) is 13.0. The summed E-state index contributed by atoms with van der Waals surface area (Å²) in [6.45, 7) is 11.8. The van der Waals surface area contributed by atoms with Crippen molar-refractivity contribution in [1.29, 1.82) is 0 Å². The summed E-state index contributed by atoms with van der Waals surface area (Å²) in [7, 11) is 0. The largest absolute Gasteiger partial charge is 0.480 e. The maximum atomic E-state index is 13.9. The Labute approximate surface area is 489 Å². The number of aliphatic hydroxyl groups is 3. The van der Waals surface area contributed by atoms with Crippen LogP contribution in [0.25, 0.3) is 0 Å². The van der Waals surface area contributed by atoms with Crippen LogP contribution in [0.3, 0.4) is 0 Å². The first-order valence-corrected chi connectivity index (χ1v) is 28.2. The van der Waals surface area contributed by atoms with Gasteiger partial charge in [0.2, 0.25) is 70.9 Å². The number of nitrogens with two attached hydrogens (primary N) is 4. The van der Waals surface area contributed by atoms with Gasteiger partial charge in [0.15, 0.2) is 0 Å². The van der Waals surface area contributed by atoms with Gasteiger partial charge in [-0.15, -0.1) is 0 Å². The van der Waals surface area contributed by atoms with Crippen LogP contribution in [0, 0.1) is 17.8 Å². The fourth-order valence-corrected chi connectivity index (χ4v) is 7.90. The van der Waals surface area contributed by atoms with E-state index in [1.54, 1.807) is 41.5 Å². The van der Waals surface area contributed by atoms with Crippen molar-refractivity contribution in [2.24, 2.45) is 40.7 Å². The predicted octanol–water partition coefficient (Wildman–Crippen LogP) is -6.96. The minimum atomic E-state index is -1.73. The molecule has 23 N–H and O–H groups in total. The highest BCUT2D eigenvalue weighted by Gasteiger charge is 2.36. The van der Waals surface area contributed by atoms with Crippen molar-refractivity contribution in [2.75, 3.05) is 32.8 Å². The number of nitrogens with one attached hydrogen (secondary N) is 11. The van der Waals surface area contributed by atoms with E-state index in [1.807, 2.05) is 0 Å². The molecular formula is C52H95N15O17. The third kappa shape index (κ3) is 29.4. The van der Waals surface area contributed by atoms with Crippen molar-refractivity contribution < 1.29 is 82.8 Å². The van der Waals surface area contributed by atoms with Gasteiger partial charge in [-0.2, -0.15) is 0 Å². The second-order valence-corrected chi connectivity index (χ2v) is 21.5. The fourth-order valence-electron chi connectivity index (χ4n) is 7.90. The zero-order valence-electron chi connectivity index (χ0n) is 49.7. The lowest BCUT2D eigenvalue weighted by Crippen LogP contribution is -2.61. The van der Waals surface area contributed by atoms with Gasteiger partial charge < -0.3 is 102 Å². The molecule has 0 aromatic carbocycles. The molecule has 0 saturated heterocycles. The molecule has 0 bridgehead atoms. The lowest BCUT2D eigenvalue weighted by molar-refractivity contribution is -0.144. The first-order chi connectivity index (χ1) is 39.3. The molecule has 0 unspecified atom stereocenters. The van der Waals surface area contributed by atoms with E-state index < -0.39 is 182 Å². The molecule has 0 rings (SSSR count). The Morgan fingerprint density at radius 2 is 0.857 bits per heavy atom. The number of carboxylic acids is 1. The summed E-state index contributed by atoms with van der Waals surface area (Å²) in [6.07, 6.45) is 0.376. The van der Waals surface area contributed by atoms with Gasteiger partial charge >= 0.3 is 5.97 Å². The van der Waals surface area contributed by atoms with Gasteiger partial charge in [-0.3, -0.25) is 57.5 Å². The molecule has 0 aliphatic heterocycles. The zero-order chi connectivity index (χ0) is 64.6. The number of hydrogen-bond acceptors (Lipinski definition) is 19. The monoisotopic (exact) mass is 1200 g/mol. The molecule has 84 heavy (non-hydrogen) atoms. The van der Waals surface area contributed by atoms with Crippen LogP contribution in [0.15, 0.2) is 0 Å². The van der Waals surface area contributed by atoms with E-state index in [2.05, 4.69) is 58.5 Å². The average Bonchev–Trinajstić information content (AvgIpc) is 3.57. The van der Waals surface area contributed by atoms with E-state index >= 15 is 0 Å². The van der Waals surface area contributed by atoms with Crippen LogP contribution in [0.2, 0.25) is 0 Å². The maximum absolute atomic E-state index is 13.9. The highest BCUT2D eigenvalue weighted by molar-refractivity contribution is 5.99. The average molecular weight is 1200 g/mol. The molecule has 0 aromatic rings. The Morgan fingerprint density at radius 3 is 1.32 bits per heavy atom. The smallest absolute Gasteiger partial charge is 0.326 e. The molecule has 32 heteroatoms. The van der Waals surface area contributed by atoms with E-state index in [9.17, 15) is 82.8 Å². The molecular weight excluding hydrogens is 1110 g/mol. The van der Waals surface area contributed by atoms with Crippen LogP contribution >= 0.6 is 0 Å². The molecule has 0 aliphatic carbocycles. The van der Waals surface area contributed by atoms with Crippen LogP contribution in [-0.4, -0.2) is 203 Å². The van der Waals surface area contributed by atoms with E-state index in [4.69, 9.17) is 22.9 Å². The van der Waals surface area contributed by atoms with Gasteiger partial charge in [-0.1, -0.05) is 54.4 Å². The molecule has 0 heterocycles. The topological polar surface area (TPSA) is 539 Å². The van der Waals surface area contributed by atoms with Crippen LogP contribution < -0.4 is 81.4 Å². The van der Waals surface area contributed by atoms with Gasteiger partial charge in [0.25, 0.3) is 0 Å². The van der Waals surface area contributed by atoms with E-state index in [-0.39, 0.29) is 37.6 Å². The SMILES string of the molecule is CC[C@H](C)[C@H](NC(=O)[C@H](CCCCN)NC(=O)CNC(=O)[C@H](CO)NC(=O)[C@@H](NC(=O)[C@H](CC(C)C)NC(=O)[C@@H](N)CCCCN)[C@@H](C)O)C(=O)N[C@@H](C)C(=O)N[C@@H](CO)C(=O)N[C@@H](C)C(=O)N[C@@H](CC(C)C)C(=O)N[C@@H](CC(N)=O)C(=O)O. The van der Waals surface area contributed by atoms with Crippen molar-refractivity contribution in [1.82, 2.24) is 58.5 Å². The first-order valence-electron chi connectivity index (χ1n) is 28.2. The number of aliphatic carboxylic acids is 1. The summed E-state index contributed by atoms with van der Waals surface area (Å²) in [5.74, 6) is -13.7. The Hall–Kier alpha value is -7.13. The summed E-state index contributed by atoms with van der Waals surface area (Å²) < 4.78 is 0. The van der Waals surface area contributed by atoms with E-state index in [0.29, 0.717) is 45.1 Å². The zero-order valence-corrected chi connectivity index (χ0v) is 49.7. The molecule has 0 radical (unpaired) electrons. The van der Waals surface area contributed by atoms with Gasteiger partial charge in [-0.25, -0.2) is 4.79 Å². The molecule has 480 valence electrons. The van der Waals surface area contributed by atoms with Crippen LogP contribution in [0.5, 0.6) is 0 Å². The number of aliphatic hydroxyl groups excluding tert-OH is 3. The standard InChI is InChI=1S/C52H95N15O17/c1-10-27(6)40(50(81)59-29(8)43(74)64-37(24-69)49(80)58-28(7)42(73)61-33(19-25(2)3)47(78)63-35(52(83)84)21-38(56)71)66-46(77)32(16-12-14-18-54)60-39(72)22-57-45(76)36(23-68)65-51(82)41(30(9)70)67-48(79)34(20-26(4)5)62-44(75)31(55)15-11-13-17-53/h25-37,40-41,68-70H,10-24,53-55H2,1-9H3,(H2,56,71)(H,57,76)(H,58,80)(H,59,81)(H,60,72)(H,61,73)(H,62,75)(H,63,78)(H,64,74)(H,65,82)(H,66,77)(H,67,79)(H,83,84)/t27-,28-,29-,30+,31-,32-,33-,34-,35-,36-,37-,40-,41-/m0/s1. The summed E-state index contributed by atoms with van der Waals surface area (Å²) in [5.41, 5.74) is 22.3. The lowest BCUT2D eigenvalue weighted by atomic mass is 9.97. The Bertz CT molecular complexity index is 2210. The van der Waals surface area contributed by atoms with Gasteiger partial charge in [0, 0.05) is 0 Å². The third-order valence-corrected chi connectivity index (χ3v) is 13.0. The number of carbonyl (C=O) groups excluding carboxylic acids is 12. The van der Waals surface area contributed by atoms with Crippen molar-refractivity contribution in [3.63, 3.8) is 0 Å². The molecule has 0 aromatic heterocycles. The summed E-state index contributed by atoms with van der Waals surface area (Å²) in [5, 5.41) is 66.1. The predicted molar refractivity (Wildman–Crippen MR) is 303 cm³/mol. The lowest BCUT2D eigenvalue weighted by Gasteiger charge is -2.28. The second kappa shape index (κ2) is 40.2. The number of amides is 12. The molecule has 32 nitrogen and oxygen atoms in total. The summed E-state index contributed by atoms with van der Waals surface area (Å²) in [6, 6.07) is -15.7. The van der Waals surface area contributed by atoms with Crippen molar-refractivity contribution in [3.8, 4) is 0 Å². The number of unbranched alkanes of at least 4 members (excludes halogenated alkanes) is 2. The quantitative estimate of drug-likeness (QED) is 0.0253. The van der Waals surface area contributed by atoms with Crippen LogP contribution in [-0.2, 0) is 62.3 Å². The molecule has 0 saturated carbocycles. The normalized spacial score (nSPS) is 15.9. The Morgan fingerprint density at radius 1 is 0.452 bits per heavy atom. The molecule has 0 spiro atoms. The number of primary amides is 1. The van der Waals surface area contributed by atoms with Gasteiger partial charge in [0.1, 0.15) is 60.4 Å². The van der Waals surface area contributed by atoms with Crippen molar-refractivity contribution >= 4 is 76.9 Å². The summed E-state index contributed by atoms with van der Waals surface area (Å²) in [4.78, 5) is 170. The second-order valence-electron chi connectivity index (χ2n) is 21.5. The minimum absolute atomic E-state index is 0.00781. The molecule has 13 atom stereocenters.